The van der Waals surface area contributed by atoms with Crippen molar-refractivity contribution in [2.24, 2.45) is 5.73 Å². The average Bonchev–Trinajstić information content (AvgIpc) is 1.84. The van der Waals surface area contributed by atoms with Crippen molar-refractivity contribution in [2.45, 2.75) is 0 Å². The molecule has 1 aliphatic rings. The van der Waals surface area contributed by atoms with Gasteiger partial charge in [0.15, 0.2) is 0 Å². The van der Waals surface area contributed by atoms with Crippen LogP contribution >= 0.6 is 0 Å². The molecule has 1 rings (SSSR count). The standard InChI is InChI=1S/C6H6N2O2/c7-3-1-4(8)6(10)2-5(3)9/h1-2,7,9H,8H2. The molecule has 4 nitrogen and oxygen atoms in total. The molecule has 0 bridgehead atoms. The van der Waals surface area contributed by atoms with Gasteiger partial charge in [-0.2, -0.15) is 0 Å². The second-order valence-corrected chi connectivity index (χ2v) is 1.91. The van der Waals surface area contributed by atoms with Crippen LogP contribution < -0.4 is 5.73 Å². The van der Waals surface area contributed by atoms with Crippen LogP contribution in [0.15, 0.2) is 23.6 Å². The fourth-order valence-electron chi connectivity index (χ4n) is 0.586. The summed E-state index contributed by atoms with van der Waals surface area (Å²) in [6.45, 7) is 0. The first-order valence-electron chi connectivity index (χ1n) is 2.62. The first kappa shape index (κ1) is 6.54. The lowest BCUT2D eigenvalue weighted by atomic mass is 10.1. The Kier molecular flexibility index (Phi) is 1.30. The normalized spacial score (nSPS) is 18.4. The summed E-state index contributed by atoms with van der Waals surface area (Å²) in [4.78, 5) is 10.6. The van der Waals surface area contributed by atoms with Crippen molar-refractivity contribution >= 4 is 11.5 Å². The van der Waals surface area contributed by atoms with Crippen LogP contribution in [-0.2, 0) is 4.79 Å². The van der Waals surface area contributed by atoms with Gasteiger partial charge >= 0.3 is 0 Å². The summed E-state index contributed by atoms with van der Waals surface area (Å²) in [5.74, 6) is -0.785. The van der Waals surface area contributed by atoms with Gasteiger partial charge in [0.05, 0.1) is 11.4 Å². The Morgan fingerprint density at radius 1 is 1.50 bits per heavy atom. The zero-order chi connectivity index (χ0) is 7.72. The number of aliphatic hydroxyl groups excluding tert-OH is 1. The van der Waals surface area contributed by atoms with Gasteiger partial charge in [0.2, 0.25) is 5.78 Å². The van der Waals surface area contributed by atoms with Crippen molar-refractivity contribution in [3.63, 3.8) is 0 Å². The topological polar surface area (TPSA) is 87.2 Å². The maximum Gasteiger partial charge on any atom is 0.205 e. The van der Waals surface area contributed by atoms with Gasteiger partial charge in [-0.05, 0) is 6.08 Å². The molecule has 0 fully saturated rings. The summed E-state index contributed by atoms with van der Waals surface area (Å²) >= 11 is 0. The summed E-state index contributed by atoms with van der Waals surface area (Å²) < 4.78 is 0. The van der Waals surface area contributed by atoms with Crippen LogP contribution in [0.25, 0.3) is 0 Å². The molecule has 0 aliphatic heterocycles. The third-order valence-corrected chi connectivity index (χ3v) is 1.13. The number of carbonyl (C=O) groups is 1. The number of nitrogens with one attached hydrogen (secondary N) is 1. The van der Waals surface area contributed by atoms with E-state index in [-0.39, 0.29) is 17.2 Å². The molecule has 0 aromatic heterocycles. The number of hydrogen-bond acceptors (Lipinski definition) is 4. The highest BCUT2D eigenvalue weighted by atomic mass is 16.3. The summed E-state index contributed by atoms with van der Waals surface area (Å²) in [7, 11) is 0. The maximum atomic E-state index is 10.6. The molecular formula is C6H6N2O2. The number of nitrogens with two attached hydrogens (primary N) is 1. The maximum absolute atomic E-state index is 10.6. The lowest BCUT2D eigenvalue weighted by Gasteiger charge is -2.04. The van der Waals surface area contributed by atoms with Crippen LogP contribution in [0.1, 0.15) is 0 Å². The Balaban J connectivity index is 3.03. The number of allylic oxidation sites excluding steroid dienone is 2. The predicted molar refractivity (Wildman–Crippen MR) is 35.7 cm³/mol. The molecule has 1 aliphatic carbocycles. The molecule has 0 saturated heterocycles. The zero-order valence-electron chi connectivity index (χ0n) is 5.09. The van der Waals surface area contributed by atoms with Gasteiger partial charge in [-0.25, -0.2) is 0 Å². The average molecular weight is 138 g/mol. The second kappa shape index (κ2) is 1.98. The molecule has 0 radical (unpaired) electrons. The first-order valence-corrected chi connectivity index (χ1v) is 2.62. The van der Waals surface area contributed by atoms with Crippen LogP contribution in [-0.4, -0.2) is 16.6 Å². The highest BCUT2D eigenvalue weighted by Crippen LogP contribution is 2.04. The van der Waals surface area contributed by atoms with Crippen molar-refractivity contribution < 1.29 is 9.90 Å². The van der Waals surface area contributed by atoms with Gasteiger partial charge in [0, 0.05) is 6.08 Å². The fourth-order valence-corrected chi connectivity index (χ4v) is 0.586. The molecule has 10 heavy (non-hydrogen) atoms. The van der Waals surface area contributed by atoms with E-state index in [1.807, 2.05) is 0 Å². The van der Waals surface area contributed by atoms with E-state index in [0.717, 1.165) is 12.2 Å². The van der Waals surface area contributed by atoms with Crippen molar-refractivity contribution in [3.8, 4) is 0 Å². The van der Waals surface area contributed by atoms with E-state index in [4.69, 9.17) is 16.2 Å². The van der Waals surface area contributed by atoms with E-state index in [9.17, 15) is 4.79 Å². The lowest BCUT2D eigenvalue weighted by molar-refractivity contribution is -0.111. The van der Waals surface area contributed by atoms with Gasteiger partial charge in [0.25, 0.3) is 0 Å². The minimum atomic E-state index is -0.450. The highest BCUT2D eigenvalue weighted by Gasteiger charge is 2.13. The van der Waals surface area contributed by atoms with Crippen molar-refractivity contribution in [1.29, 1.82) is 5.41 Å². The second-order valence-electron chi connectivity index (χ2n) is 1.91. The third kappa shape index (κ3) is 0.907. The third-order valence-electron chi connectivity index (χ3n) is 1.13. The predicted octanol–water partition coefficient (Wildman–Crippen LogP) is -0.127. The van der Waals surface area contributed by atoms with E-state index in [1.165, 1.54) is 0 Å². The molecule has 0 heterocycles. The van der Waals surface area contributed by atoms with Crippen LogP contribution in [0.3, 0.4) is 0 Å². The molecule has 0 spiro atoms. The summed E-state index contributed by atoms with van der Waals surface area (Å²) in [6, 6.07) is 0. The van der Waals surface area contributed by atoms with E-state index in [2.05, 4.69) is 0 Å². The Labute approximate surface area is 57.2 Å². The molecule has 52 valence electrons. The molecule has 0 aromatic rings. The molecule has 4 heteroatoms. The minimum Gasteiger partial charge on any atom is -0.506 e. The minimum absolute atomic E-state index is 0.0113. The number of hydrogen-bond donors (Lipinski definition) is 3. The van der Waals surface area contributed by atoms with Gasteiger partial charge in [-0.3, -0.25) is 10.2 Å². The van der Waals surface area contributed by atoms with Gasteiger partial charge in [-0.15, -0.1) is 0 Å². The first-order chi connectivity index (χ1) is 4.61. The van der Waals surface area contributed by atoms with Gasteiger partial charge in [0.1, 0.15) is 5.76 Å². The molecule has 0 unspecified atom stereocenters. The number of aliphatic hydroxyl groups is 1. The fraction of sp³-hybridized carbons (Fsp3) is 0. The molecule has 0 aromatic carbocycles. The molecule has 4 N–H and O–H groups in total. The molecule has 0 atom stereocenters. The number of ketones is 1. The van der Waals surface area contributed by atoms with Crippen molar-refractivity contribution in [2.75, 3.05) is 0 Å². The van der Waals surface area contributed by atoms with Gasteiger partial charge < -0.3 is 10.8 Å². The Morgan fingerprint density at radius 2 is 2.10 bits per heavy atom. The lowest BCUT2D eigenvalue weighted by Crippen LogP contribution is -2.17. The largest absolute Gasteiger partial charge is 0.506 e. The Morgan fingerprint density at radius 3 is 2.60 bits per heavy atom. The summed E-state index contributed by atoms with van der Waals surface area (Å²) in [5.41, 5.74) is 5.01. The smallest absolute Gasteiger partial charge is 0.205 e. The quantitative estimate of drug-likeness (QED) is 0.407. The summed E-state index contributed by atoms with van der Waals surface area (Å²) in [5, 5.41) is 15.8. The van der Waals surface area contributed by atoms with Crippen molar-refractivity contribution in [1.82, 2.24) is 0 Å². The monoisotopic (exact) mass is 138 g/mol. The van der Waals surface area contributed by atoms with Crippen LogP contribution in [0.4, 0.5) is 0 Å². The number of carbonyl (C=O) groups excluding carboxylic acids is 1. The summed E-state index contributed by atoms with van der Waals surface area (Å²) in [6.07, 6.45) is 2.05. The Hall–Kier alpha value is -1.58. The SMILES string of the molecule is N=C1C=C(N)C(=O)C=C1O. The molecule has 0 amide bonds. The number of rotatable bonds is 0. The Bertz CT molecular complexity index is 235. The zero-order valence-corrected chi connectivity index (χ0v) is 5.09. The van der Waals surface area contributed by atoms with Crippen molar-refractivity contribution in [3.05, 3.63) is 23.6 Å². The van der Waals surface area contributed by atoms with Gasteiger partial charge in [-0.1, -0.05) is 0 Å². The molecular weight excluding hydrogens is 132 g/mol. The van der Waals surface area contributed by atoms with E-state index in [0.29, 0.717) is 0 Å². The van der Waals surface area contributed by atoms with Crippen LogP contribution in [0, 0.1) is 5.41 Å². The van der Waals surface area contributed by atoms with E-state index in [1.54, 1.807) is 0 Å². The van der Waals surface area contributed by atoms with E-state index < -0.39 is 5.78 Å². The van der Waals surface area contributed by atoms with E-state index >= 15 is 0 Å². The van der Waals surface area contributed by atoms with Crippen LogP contribution in [0.5, 0.6) is 0 Å². The molecule has 0 saturated carbocycles. The van der Waals surface area contributed by atoms with Crippen LogP contribution in [0.2, 0.25) is 0 Å². The highest BCUT2D eigenvalue weighted by molar-refractivity contribution is 6.19.